The van der Waals surface area contributed by atoms with Crippen molar-refractivity contribution in [2.45, 2.75) is 88.4 Å². The molecule has 4 nitrogen and oxygen atoms in total. The van der Waals surface area contributed by atoms with Crippen LogP contribution in [0.15, 0.2) is 81.8 Å². The van der Waals surface area contributed by atoms with Gasteiger partial charge in [0.25, 0.3) is 0 Å². The molecule has 5 heteroatoms. The molecule has 1 aromatic rings. The number of ether oxygens (including phenoxy) is 2. The molecular weight excluding hydrogens is 468 g/mol. The summed E-state index contributed by atoms with van der Waals surface area (Å²) in [6.45, 7) is 10.4. The Bertz CT molecular complexity index is 1070. The fourth-order valence-corrected chi connectivity index (χ4v) is 6.92. The molecule has 3 aliphatic rings. The summed E-state index contributed by atoms with van der Waals surface area (Å²) in [5.74, 6) is -1.08. The number of ketones is 1. The van der Waals surface area contributed by atoms with Crippen molar-refractivity contribution in [1.29, 1.82) is 0 Å². The molecule has 0 radical (unpaired) electrons. The van der Waals surface area contributed by atoms with Gasteiger partial charge in [-0.3, -0.25) is 4.79 Å². The Hall–Kier alpha value is -1.92. The second-order valence-corrected chi connectivity index (χ2v) is 12.1. The summed E-state index contributed by atoms with van der Waals surface area (Å²) in [7, 11) is 0. The molecule has 2 heterocycles. The van der Waals surface area contributed by atoms with Crippen LogP contribution < -0.4 is 0 Å². The first-order chi connectivity index (χ1) is 17.2. The van der Waals surface area contributed by atoms with Crippen LogP contribution >= 0.6 is 11.8 Å². The lowest BCUT2D eigenvalue weighted by atomic mass is 9.73. The third-order valence-electron chi connectivity index (χ3n) is 7.39. The molecule has 1 N–H and O–H groups in total. The van der Waals surface area contributed by atoms with Gasteiger partial charge in [-0.15, -0.1) is 11.8 Å². The Morgan fingerprint density at radius 1 is 1.14 bits per heavy atom. The summed E-state index contributed by atoms with van der Waals surface area (Å²) in [5, 5.41) is 10.3. The van der Waals surface area contributed by atoms with E-state index in [1.165, 1.54) is 16.7 Å². The second kappa shape index (κ2) is 11.6. The summed E-state index contributed by atoms with van der Waals surface area (Å²) in [6.07, 6.45) is 11.4. The highest BCUT2D eigenvalue weighted by atomic mass is 32.2. The number of carbonyl (C=O) groups excluding carboxylic acids is 1. The smallest absolute Gasteiger partial charge is 0.209 e. The van der Waals surface area contributed by atoms with E-state index in [1.54, 1.807) is 11.8 Å². The number of rotatable bonds is 7. The van der Waals surface area contributed by atoms with Crippen LogP contribution in [0.3, 0.4) is 0 Å². The molecule has 1 aliphatic carbocycles. The third kappa shape index (κ3) is 6.31. The van der Waals surface area contributed by atoms with Gasteiger partial charge in [-0.2, -0.15) is 0 Å². The number of aliphatic hydroxyl groups is 1. The molecule has 1 spiro atoms. The zero-order valence-electron chi connectivity index (χ0n) is 22.2. The minimum absolute atomic E-state index is 0.0650. The van der Waals surface area contributed by atoms with Gasteiger partial charge in [-0.25, -0.2) is 0 Å². The van der Waals surface area contributed by atoms with E-state index in [4.69, 9.17) is 9.47 Å². The molecule has 0 bridgehead atoms. The van der Waals surface area contributed by atoms with E-state index in [-0.39, 0.29) is 41.7 Å². The summed E-state index contributed by atoms with van der Waals surface area (Å²) in [4.78, 5) is 14.1. The molecular formula is C31H40O4S. The molecule has 194 valence electrons. The lowest BCUT2D eigenvalue weighted by Crippen LogP contribution is -2.56. The van der Waals surface area contributed by atoms with Crippen molar-refractivity contribution < 1.29 is 19.4 Å². The number of Topliss-reactive ketones (excluding diaryl/α,β-unsaturated/α-hetero) is 1. The van der Waals surface area contributed by atoms with Crippen LogP contribution in [0.2, 0.25) is 0 Å². The van der Waals surface area contributed by atoms with Gasteiger partial charge >= 0.3 is 0 Å². The maximum atomic E-state index is 13.0. The zero-order chi connectivity index (χ0) is 25.9. The summed E-state index contributed by atoms with van der Waals surface area (Å²) < 4.78 is 13.5. The van der Waals surface area contributed by atoms with Crippen LogP contribution in [0, 0.1) is 11.8 Å². The van der Waals surface area contributed by atoms with Gasteiger partial charge in [0, 0.05) is 28.4 Å². The first-order valence-corrected chi connectivity index (χ1v) is 14.0. The van der Waals surface area contributed by atoms with Crippen LogP contribution in [0.5, 0.6) is 0 Å². The summed E-state index contributed by atoms with van der Waals surface area (Å²) in [6, 6.07) is 10.2. The monoisotopic (exact) mass is 508 g/mol. The number of carbonyl (C=O) groups is 1. The molecule has 0 aromatic heterocycles. The van der Waals surface area contributed by atoms with Crippen molar-refractivity contribution in [3.05, 3.63) is 76.9 Å². The Morgan fingerprint density at radius 3 is 2.58 bits per heavy atom. The molecule has 6 atom stereocenters. The molecule has 4 rings (SSSR count). The minimum atomic E-state index is -1.03. The Morgan fingerprint density at radius 2 is 1.89 bits per heavy atom. The van der Waals surface area contributed by atoms with Crippen molar-refractivity contribution in [2.24, 2.45) is 11.8 Å². The van der Waals surface area contributed by atoms with E-state index in [0.717, 1.165) is 29.7 Å². The number of hydrogen-bond acceptors (Lipinski definition) is 5. The number of thioether (sulfide) groups is 1. The van der Waals surface area contributed by atoms with Crippen molar-refractivity contribution in [3.8, 4) is 0 Å². The molecule has 1 fully saturated rings. The normalized spacial score (nSPS) is 32.6. The Labute approximate surface area is 220 Å². The molecule has 0 unspecified atom stereocenters. The van der Waals surface area contributed by atoms with Gasteiger partial charge < -0.3 is 14.6 Å². The zero-order valence-corrected chi connectivity index (χ0v) is 23.0. The van der Waals surface area contributed by atoms with Crippen molar-refractivity contribution in [1.82, 2.24) is 0 Å². The van der Waals surface area contributed by atoms with E-state index in [9.17, 15) is 9.90 Å². The number of hydrogen-bond donors (Lipinski definition) is 1. The maximum absolute atomic E-state index is 13.0. The highest BCUT2D eigenvalue weighted by Gasteiger charge is 2.52. The average Bonchev–Trinajstić information content (AvgIpc) is 2.82. The molecule has 36 heavy (non-hydrogen) atoms. The quantitative estimate of drug-likeness (QED) is 0.410. The molecule has 2 aliphatic heterocycles. The van der Waals surface area contributed by atoms with Crippen LogP contribution in [-0.2, 0) is 14.3 Å². The molecule has 0 saturated heterocycles. The molecule has 0 amide bonds. The lowest BCUT2D eigenvalue weighted by molar-refractivity contribution is -0.238. The van der Waals surface area contributed by atoms with Gasteiger partial charge in [-0.05, 0) is 76.8 Å². The minimum Gasteiger partial charge on any atom is -0.392 e. The Balaban J connectivity index is 1.63. The SMILES string of the molecule is CC(C)=CCC/C(C)=C/[C@@H]1CC(C)=C[C@]2(C=C(CO)[C@H]3CC(=O)[C@@H](C)[C@H](Sc4ccccc4)[C@H]3O2)O1. The number of aliphatic hydroxyl groups excluding tert-OH is 1. The highest BCUT2D eigenvalue weighted by Crippen LogP contribution is 2.48. The first-order valence-electron chi connectivity index (χ1n) is 13.1. The van der Waals surface area contributed by atoms with Crippen LogP contribution in [0.1, 0.15) is 60.3 Å². The number of allylic oxidation sites excluding steroid dienone is 3. The van der Waals surface area contributed by atoms with Crippen molar-refractivity contribution >= 4 is 17.5 Å². The van der Waals surface area contributed by atoms with Crippen LogP contribution in [0.4, 0.5) is 0 Å². The molecule has 1 aromatic carbocycles. The van der Waals surface area contributed by atoms with Crippen molar-refractivity contribution in [2.75, 3.05) is 6.61 Å². The topological polar surface area (TPSA) is 55.8 Å². The van der Waals surface area contributed by atoms with E-state index >= 15 is 0 Å². The molecule has 1 saturated carbocycles. The fraction of sp³-hybridized carbons (Fsp3) is 0.516. The summed E-state index contributed by atoms with van der Waals surface area (Å²) in [5.41, 5.74) is 4.69. The standard InChI is InChI=1S/C31H40O4S/c1-20(2)10-9-11-21(3)14-25-15-22(4)17-31(34-25)18-24(19-32)27-16-28(33)23(5)30(29(27)35-31)36-26-12-7-6-8-13-26/h6-8,10,12-14,17-18,23,25,27,29-30,32H,9,11,15-16,19H2,1-5H3/b21-14+/t23-,25-,27-,29+,30+,31+/m1/s1. The second-order valence-electron chi connectivity index (χ2n) is 10.8. The lowest BCUT2D eigenvalue weighted by Gasteiger charge is -2.50. The highest BCUT2D eigenvalue weighted by molar-refractivity contribution is 8.00. The number of benzene rings is 1. The first kappa shape index (κ1) is 27.1. The number of fused-ring (bicyclic) bond motifs is 1. The Kier molecular flexibility index (Phi) is 8.77. The van der Waals surface area contributed by atoms with Crippen molar-refractivity contribution in [3.63, 3.8) is 0 Å². The van der Waals surface area contributed by atoms with E-state index in [2.05, 4.69) is 58.1 Å². The fourth-order valence-electron chi connectivity index (χ4n) is 5.56. The van der Waals surface area contributed by atoms with Gasteiger partial charge in [0.05, 0.1) is 18.8 Å². The van der Waals surface area contributed by atoms with Crippen LogP contribution in [-0.4, -0.2) is 40.7 Å². The van der Waals surface area contributed by atoms with Gasteiger partial charge in [0.2, 0.25) is 5.79 Å². The van der Waals surface area contributed by atoms with Gasteiger partial charge in [0.1, 0.15) is 5.78 Å². The average molecular weight is 509 g/mol. The van der Waals surface area contributed by atoms with E-state index in [0.29, 0.717) is 6.42 Å². The third-order valence-corrected chi connectivity index (χ3v) is 8.88. The van der Waals surface area contributed by atoms with Gasteiger partial charge in [-0.1, -0.05) is 54.0 Å². The maximum Gasteiger partial charge on any atom is 0.209 e. The largest absolute Gasteiger partial charge is 0.392 e. The summed E-state index contributed by atoms with van der Waals surface area (Å²) >= 11 is 1.70. The van der Waals surface area contributed by atoms with E-state index in [1.807, 2.05) is 31.2 Å². The van der Waals surface area contributed by atoms with E-state index < -0.39 is 5.79 Å². The van der Waals surface area contributed by atoms with Crippen LogP contribution in [0.25, 0.3) is 0 Å². The predicted molar refractivity (Wildman–Crippen MR) is 147 cm³/mol. The van der Waals surface area contributed by atoms with Gasteiger partial charge in [0.15, 0.2) is 0 Å². The predicted octanol–water partition coefficient (Wildman–Crippen LogP) is 6.81.